The lowest BCUT2D eigenvalue weighted by Crippen LogP contribution is -2.46. The van der Waals surface area contributed by atoms with Crippen LogP contribution < -0.4 is 5.32 Å². The summed E-state index contributed by atoms with van der Waals surface area (Å²) in [5.74, 6) is 4.33. The number of hydrogen-bond acceptors (Lipinski definition) is 2. The zero-order valence-electron chi connectivity index (χ0n) is 23.6. The lowest BCUT2D eigenvalue weighted by Gasteiger charge is -2.41. The largest absolute Gasteiger partial charge is 0.307 e. The molecule has 0 amide bonds. The Hall–Kier alpha value is -1.38. The van der Waals surface area contributed by atoms with Gasteiger partial charge in [-0.2, -0.15) is 0 Å². The van der Waals surface area contributed by atoms with Gasteiger partial charge in [-0.05, 0) is 124 Å². The number of hydrogen-bond donors (Lipinski definition) is 1. The number of likely N-dealkylation sites (tertiary alicyclic amines) is 1. The second-order valence-electron chi connectivity index (χ2n) is 14.3. The van der Waals surface area contributed by atoms with E-state index in [1.54, 1.807) is 16.7 Å². The number of nitrogens with zero attached hydrogens (tertiary/aromatic N) is 1. The molecule has 6 aliphatic carbocycles. The Labute approximate surface area is 231 Å². The van der Waals surface area contributed by atoms with Gasteiger partial charge < -0.3 is 5.32 Å². The van der Waals surface area contributed by atoms with Crippen LogP contribution in [-0.2, 0) is 0 Å². The van der Waals surface area contributed by atoms with Gasteiger partial charge in [0.2, 0.25) is 0 Å². The maximum atomic E-state index is 4.00. The highest BCUT2D eigenvalue weighted by Crippen LogP contribution is 2.51. The van der Waals surface area contributed by atoms with E-state index in [2.05, 4.69) is 52.7 Å². The van der Waals surface area contributed by atoms with Crippen LogP contribution in [0.1, 0.15) is 103 Å². The zero-order valence-corrected chi connectivity index (χ0v) is 23.6. The lowest BCUT2D eigenvalue weighted by atomic mass is 9.68. The van der Waals surface area contributed by atoms with E-state index in [0.29, 0.717) is 6.04 Å². The molecule has 9 atom stereocenters. The van der Waals surface area contributed by atoms with Crippen LogP contribution in [0.3, 0.4) is 0 Å². The topological polar surface area (TPSA) is 15.3 Å². The van der Waals surface area contributed by atoms with Gasteiger partial charge in [-0.15, -0.1) is 0 Å². The highest BCUT2D eigenvalue weighted by molar-refractivity contribution is 5.41. The van der Waals surface area contributed by atoms with E-state index in [0.717, 1.165) is 53.8 Å². The molecule has 0 aromatic rings. The average Bonchev–Trinajstić information content (AvgIpc) is 3.53. The summed E-state index contributed by atoms with van der Waals surface area (Å²) < 4.78 is 0. The van der Waals surface area contributed by atoms with Crippen molar-refractivity contribution >= 4 is 0 Å². The first kappa shape index (κ1) is 24.4. The Morgan fingerprint density at radius 1 is 0.711 bits per heavy atom. The van der Waals surface area contributed by atoms with E-state index in [-0.39, 0.29) is 0 Å². The fraction of sp³-hybridized carbons (Fsp3) is 0.722. The molecule has 8 rings (SSSR count). The van der Waals surface area contributed by atoms with E-state index in [9.17, 15) is 0 Å². The summed E-state index contributed by atoms with van der Waals surface area (Å²) >= 11 is 0. The Balaban J connectivity index is 0.987. The second kappa shape index (κ2) is 10.2. The number of nitrogens with one attached hydrogen (secondary N) is 1. The first-order chi connectivity index (χ1) is 18.8. The van der Waals surface area contributed by atoms with Gasteiger partial charge in [-0.3, -0.25) is 4.90 Å². The molecule has 2 heterocycles. The second-order valence-corrected chi connectivity index (χ2v) is 14.3. The van der Waals surface area contributed by atoms with Crippen molar-refractivity contribution in [3.63, 3.8) is 0 Å². The van der Waals surface area contributed by atoms with Gasteiger partial charge in [0.1, 0.15) is 0 Å². The summed E-state index contributed by atoms with van der Waals surface area (Å²) in [7, 11) is 0. The monoisotopic (exact) mass is 510 g/mol. The first-order valence-corrected chi connectivity index (χ1v) is 16.8. The summed E-state index contributed by atoms with van der Waals surface area (Å²) in [6.45, 7) is 0. The predicted octanol–water partition coefficient (Wildman–Crippen LogP) is 8.04. The Kier molecular flexibility index (Phi) is 6.57. The van der Waals surface area contributed by atoms with Gasteiger partial charge in [0.15, 0.2) is 0 Å². The lowest BCUT2D eigenvalue weighted by molar-refractivity contribution is 0.0991. The van der Waals surface area contributed by atoms with E-state index < -0.39 is 0 Å². The molecular weight excluding hydrogens is 460 g/mol. The molecule has 0 aromatic carbocycles. The summed E-state index contributed by atoms with van der Waals surface area (Å²) in [6, 6.07) is 3.86. The summed E-state index contributed by atoms with van der Waals surface area (Å²) in [6.07, 6.45) is 40.4. The summed E-state index contributed by atoms with van der Waals surface area (Å²) in [5, 5.41) is 4.00. The van der Waals surface area contributed by atoms with E-state index in [1.165, 1.54) is 103 Å². The van der Waals surface area contributed by atoms with Crippen molar-refractivity contribution in [1.82, 2.24) is 10.2 Å². The molecule has 0 aromatic heterocycles. The van der Waals surface area contributed by atoms with Crippen molar-refractivity contribution in [3.05, 3.63) is 59.3 Å². The van der Waals surface area contributed by atoms with Crippen LogP contribution in [0.5, 0.6) is 0 Å². The molecule has 9 unspecified atom stereocenters. The SMILES string of the molecule is C1=CC2NC3CCC(C4=CC=C(C5=CC6C7CCC=CC7N(C7CCCCC7)C6CC5)CC4)CC3C2CC1. The van der Waals surface area contributed by atoms with Gasteiger partial charge >= 0.3 is 0 Å². The van der Waals surface area contributed by atoms with E-state index in [4.69, 9.17) is 0 Å². The molecule has 2 aliphatic heterocycles. The smallest absolute Gasteiger partial charge is 0.0318 e. The van der Waals surface area contributed by atoms with Crippen LogP contribution >= 0.6 is 0 Å². The molecule has 0 bridgehead atoms. The van der Waals surface area contributed by atoms with Crippen LogP contribution in [0.25, 0.3) is 0 Å². The molecular formula is C36H50N2. The molecule has 2 saturated carbocycles. The molecule has 4 fully saturated rings. The first-order valence-electron chi connectivity index (χ1n) is 16.8. The minimum atomic E-state index is 0.676. The highest BCUT2D eigenvalue weighted by atomic mass is 15.3. The van der Waals surface area contributed by atoms with Crippen LogP contribution in [0, 0.1) is 29.6 Å². The quantitative estimate of drug-likeness (QED) is 0.386. The van der Waals surface area contributed by atoms with Crippen LogP contribution in [-0.4, -0.2) is 35.1 Å². The number of rotatable bonds is 3. The van der Waals surface area contributed by atoms with Crippen molar-refractivity contribution in [2.75, 3.05) is 0 Å². The molecule has 0 spiro atoms. The minimum Gasteiger partial charge on any atom is -0.307 e. The summed E-state index contributed by atoms with van der Waals surface area (Å²) in [4.78, 5) is 3.06. The average molecular weight is 511 g/mol. The summed E-state index contributed by atoms with van der Waals surface area (Å²) in [5.41, 5.74) is 5.22. The molecule has 8 aliphatic rings. The van der Waals surface area contributed by atoms with Crippen molar-refractivity contribution < 1.29 is 0 Å². The third-order valence-corrected chi connectivity index (χ3v) is 12.6. The van der Waals surface area contributed by atoms with Gasteiger partial charge in [0.05, 0.1) is 0 Å². The number of fused-ring (bicyclic) bond motifs is 6. The van der Waals surface area contributed by atoms with Crippen molar-refractivity contribution in [1.29, 1.82) is 0 Å². The maximum Gasteiger partial charge on any atom is 0.0318 e. The van der Waals surface area contributed by atoms with Gasteiger partial charge in [-0.25, -0.2) is 0 Å². The Morgan fingerprint density at radius 3 is 2.45 bits per heavy atom. The molecule has 0 radical (unpaired) electrons. The van der Waals surface area contributed by atoms with Crippen LogP contribution in [0.4, 0.5) is 0 Å². The van der Waals surface area contributed by atoms with Crippen LogP contribution in [0.15, 0.2) is 59.3 Å². The zero-order chi connectivity index (χ0) is 25.1. The third kappa shape index (κ3) is 4.19. The van der Waals surface area contributed by atoms with Gasteiger partial charge in [-0.1, -0.05) is 67.4 Å². The highest BCUT2D eigenvalue weighted by Gasteiger charge is 2.50. The predicted molar refractivity (Wildman–Crippen MR) is 158 cm³/mol. The van der Waals surface area contributed by atoms with Crippen LogP contribution in [0.2, 0.25) is 0 Å². The minimum absolute atomic E-state index is 0.676. The standard InChI is InChI=1S/C36H50N2/c1-2-8-28(9-3-1)38-35-13-7-5-11-30(35)32-23-27(19-21-36(32)38)25-16-14-24(15-17-25)26-18-20-34-31(22-26)29-10-4-6-12-33(29)37-34/h6-7,12-14,16,23,26,28-37H,1-5,8-11,15,17-22H2. The Bertz CT molecular complexity index is 1050. The normalized spacial score (nSPS) is 44.9. The molecule has 38 heavy (non-hydrogen) atoms. The fourth-order valence-corrected chi connectivity index (χ4v) is 10.9. The molecule has 1 N–H and O–H groups in total. The van der Waals surface area contributed by atoms with Gasteiger partial charge in [0.25, 0.3) is 0 Å². The van der Waals surface area contributed by atoms with Gasteiger partial charge in [0, 0.05) is 30.2 Å². The number of allylic oxidation sites excluding steroid dienone is 7. The molecule has 2 heteroatoms. The van der Waals surface area contributed by atoms with Crippen molar-refractivity contribution in [2.24, 2.45) is 29.6 Å². The van der Waals surface area contributed by atoms with E-state index >= 15 is 0 Å². The van der Waals surface area contributed by atoms with Crippen molar-refractivity contribution in [3.8, 4) is 0 Å². The third-order valence-electron chi connectivity index (χ3n) is 12.6. The Morgan fingerprint density at radius 2 is 1.58 bits per heavy atom. The molecule has 204 valence electrons. The van der Waals surface area contributed by atoms with Crippen molar-refractivity contribution in [2.45, 2.75) is 133 Å². The van der Waals surface area contributed by atoms with E-state index in [1.807, 2.05) is 0 Å². The molecule has 2 nitrogen and oxygen atoms in total. The maximum absolute atomic E-state index is 4.00. The molecule has 2 saturated heterocycles. The fourth-order valence-electron chi connectivity index (χ4n) is 10.9.